The van der Waals surface area contributed by atoms with Crippen molar-refractivity contribution in [2.45, 2.75) is 76.5 Å². The lowest BCUT2D eigenvalue weighted by atomic mass is 9.89. The molecule has 0 N–H and O–H groups in total. The molecule has 2 saturated heterocycles. The predicted octanol–water partition coefficient (Wildman–Crippen LogP) is 5.33. The van der Waals surface area contributed by atoms with Crippen LogP contribution in [0.3, 0.4) is 0 Å². The molecule has 2 aromatic carbocycles. The Bertz CT molecular complexity index is 884. The summed E-state index contributed by atoms with van der Waals surface area (Å²) in [7, 11) is 3.58. The molecule has 3 aliphatic rings. The van der Waals surface area contributed by atoms with Crippen LogP contribution >= 0.6 is 0 Å². The van der Waals surface area contributed by atoms with Gasteiger partial charge in [0.25, 0.3) is 0 Å². The van der Waals surface area contributed by atoms with Gasteiger partial charge in [-0.1, -0.05) is 37.3 Å². The lowest BCUT2D eigenvalue weighted by Crippen LogP contribution is -2.47. The smallest absolute Gasteiger partial charge is 0.122 e. The van der Waals surface area contributed by atoms with Crippen LogP contribution in [-0.2, 0) is 19.4 Å². The highest BCUT2D eigenvalue weighted by Crippen LogP contribution is 2.42. The maximum atomic E-state index is 5.71. The molecule has 2 aliphatic heterocycles. The third-order valence-corrected chi connectivity index (χ3v) is 8.37. The van der Waals surface area contributed by atoms with Crippen molar-refractivity contribution in [2.75, 3.05) is 27.3 Å². The van der Waals surface area contributed by atoms with Crippen molar-refractivity contribution in [1.82, 2.24) is 9.80 Å². The zero-order chi connectivity index (χ0) is 22.8. The Morgan fingerprint density at radius 3 is 2.03 bits per heavy atom. The van der Waals surface area contributed by atoms with Crippen molar-refractivity contribution in [2.24, 2.45) is 5.92 Å². The van der Waals surface area contributed by atoms with Gasteiger partial charge in [-0.2, -0.15) is 0 Å². The number of ether oxygens (including phenoxy) is 2. The highest BCUT2D eigenvalue weighted by molar-refractivity contribution is 5.52. The molecule has 178 valence electrons. The molecule has 1 aliphatic carbocycles. The first kappa shape index (κ1) is 22.7. The Balaban J connectivity index is 1.25. The molecule has 0 radical (unpaired) electrons. The number of nitrogens with zero attached hydrogens (tertiary/aromatic N) is 2. The van der Waals surface area contributed by atoms with Gasteiger partial charge in [0.1, 0.15) is 11.5 Å². The van der Waals surface area contributed by atoms with E-state index in [1.807, 2.05) is 0 Å². The van der Waals surface area contributed by atoms with Gasteiger partial charge in [-0.15, -0.1) is 0 Å². The summed E-state index contributed by atoms with van der Waals surface area (Å²) in [5, 5.41) is 0. The summed E-state index contributed by atoms with van der Waals surface area (Å²) in [4.78, 5) is 5.62. The van der Waals surface area contributed by atoms with Gasteiger partial charge >= 0.3 is 0 Å². The van der Waals surface area contributed by atoms with Crippen LogP contribution in [0, 0.1) is 5.92 Å². The Kier molecular flexibility index (Phi) is 6.94. The number of benzene rings is 2. The SMILES string of the molecule is CCCN(C[C@@H]1C[C@H]2CC[C@@H](C1)N2Cc1ccccc1)C1Cc2c(OC)ccc(OC)c2C1. The quantitative estimate of drug-likeness (QED) is 0.518. The predicted molar refractivity (Wildman–Crippen MR) is 134 cm³/mol. The van der Waals surface area contributed by atoms with Gasteiger partial charge in [0, 0.05) is 42.3 Å². The van der Waals surface area contributed by atoms with Crippen molar-refractivity contribution in [1.29, 1.82) is 0 Å². The van der Waals surface area contributed by atoms with E-state index in [9.17, 15) is 0 Å². The Morgan fingerprint density at radius 2 is 1.48 bits per heavy atom. The van der Waals surface area contributed by atoms with E-state index in [2.05, 4.69) is 59.2 Å². The molecule has 2 heterocycles. The number of piperidine rings is 1. The van der Waals surface area contributed by atoms with E-state index in [-0.39, 0.29) is 0 Å². The third kappa shape index (κ3) is 4.65. The first-order valence-corrected chi connectivity index (χ1v) is 13.0. The van der Waals surface area contributed by atoms with Gasteiger partial charge in [-0.25, -0.2) is 0 Å². The fourth-order valence-corrected chi connectivity index (χ4v) is 6.91. The second kappa shape index (κ2) is 10.1. The van der Waals surface area contributed by atoms with E-state index in [0.29, 0.717) is 6.04 Å². The van der Waals surface area contributed by atoms with Crippen LogP contribution in [0.25, 0.3) is 0 Å². The molecule has 0 spiro atoms. The molecule has 0 unspecified atom stereocenters. The molecule has 0 saturated carbocycles. The maximum absolute atomic E-state index is 5.71. The lowest BCUT2D eigenvalue weighted by Gasteiger charge is -2.41. The van der Waals surface area contributed by atoms with Gasteiger partial charge < -0.3 is 9.47 Å². The van der Waals surface area contributed by atoms with Gasteiger partial charge in [-0.3, -0.25) is 9.80 Å². The normalized spacial score (nSPS) is 24.9. The van der Waals surface area contributed by atoms with Crippen molar-refractivity contribution < 1.29 is 9.47 Å². The summed E-state index contributed by atoms with van der Waals surface area (Å²) in [6, 6.07) is 17.3. The van der Waals surface area contributed by atoms with Gasteiger partial charge in [0.2, 0.25) is 0 Å². The zero-order valence-electron chi connectivity index (χ0n) is 20.6. The standard InChI is InChI=1S/C29H40N2O2/c1-4-14-30(25-17-26-27(18-25)29(33-3)13-12-28(26)32-2)19-22-15-23-10-11-24(16-22)31(23)20-21-8-6-5-7-9-21/h5-9,12-13,22-25H,4,10-11,14-20H2,1-3H3/t22-,23-,24+. The Hall–Kier alpha value is -2.04. The van der Waals surface area contributed by atoms with Crippen LogP contribution in [0.5, 0.6) is 11.5 Å². The Morgan fingerprint density at radius 1 is 0.879 bits per heavy atom. The molecule has 2 bridgehead atoms. The topological polar surface area (TPSA) is 24.9 Å². The molecule has 5 rings (SSSR count). The van der Waals surface area contributed by atoms with Crippen molar-refractivity contribution in [3.63, 3.8) is 0 Å². The fourth-order valence-electron chi connectivity index (χ4n) is 6.91. The summed E-state index contributed by atoms with van der Waals surface area (Å²) in [6.45, 7) is 5.87. The molecular weight excluding hydrogens is 408 g/mol. The highest BCUT2D eigenvalue weighted by Gasteiger charge is 2.41. The highest BCUT2D eigenvalue weighted by atomic mass is 16.5. The summed E-state index contributed by atoms with van der Waals surface area (Å²) in [6.07, 6.45) is 8.84. The van der Waals surface area contributed by atoms with E-state index in [4.69, 9.17) is 9.47 Å². The largest absolute Gasteiger partial charge is 0.496 e. The van der Waals surface area contributed by atoms with Crippen LogP contribution in [0.1, 0.15) is 55.7 Å². The number of methoxy groups -OCH3 is 2. The van der Waals surface area contributed by atoms with Crippen LogP contribution < -0.4 is 9.47 Å². The second-order valence-electron chi connectivity index (χ2n) is 10.4. The number of fused-ring (bicyclic) bond motifs is 3. The van der Waals surface area contributed by atoms with Gasteiger partial charge in [0.05, 0.1) is 14.2 Å². The van der Waals surface area contributed by atoms with Crippen LogP contribution in [0.2, 0.25) is 0 Å². The molecular formula is C29H40N2O2. The lowest BCUT2D eigenvalue weighted by molar-refractivity contribution is 0.0669. The second-order valence-corrected chi connectivity index (χ2v) is 10.4. The maximum Gasteiger partial charge on any atom is 0.122 e. The average molecular weight is 449 g/mol. The third-order valence-electron chi connectivity index (χ3n) is 8.37. The summed E-state index contributed by atoms with van der Waals surface area (Å²) >= 11 is 0. The van der Waals surface area contributed by atoms with Crippen LogP contribution in [0.15, 0.2) is 42.5 Å². The van der Waals surface area contributed by atoms with E-state index in [1.165, 1.54) is 61.9 Å². The molecule has 4 heteroatoms. The average Bonchev–Trinajstić information content (AvgIpc) is 3.37. The van der Waals surface area contributed by atoms with Crippen molar-refractivity contribution in [3.05, 3.63) is 59.2 Å². The van der Waals surface area contributed by atoms with E-state index in [1.54, 1.807) is 14.2 Å². The van der Waals surface area contributed by atoms with Crippen LogP contribution in [0.4, 0.5) is 0 Å². The zero-order valence-corrected chi connectivity index (χ0v) is 20.6. The first-order chi connectivity index (χ1) is 16.2. The fraction of sp³-hybridized carbons (Fsp3) is 0.586. The molecule has 2 aromatic rings. The summed E-state index contributed by atoms with van der Waals surface area (Å²) in [5.41, 5.74) is 4.19. The van der Waals surface area contributed by atoms with Crippen LogP contribution in [-0.4, -0.2) is 55.2 Å². The first-order valence-electron chi connectivity index (χ1n) is 13.0. The summed E-state index contributed by atoms with van der Waals surface area (Å²) < 4.78 is 11.4. The molecule has 3 atom stereocenters. The Labute approximate surface area is 199 Å². The van der Waals surface area contributed by atoms with Crippen molar-refractivity contribution >= 4 is 0 Å². The van der Waals surface area contributed by atoms with E-state index in [0.717, 1.165) is 48.9 Å². The van der Waals surface area contributed by atoms with Gasteiger partial charge in [-0.05, 0) is 75.1 Å². The summed E-state index contributed by atoms with van der Waals surface area (Å²) in [5.74, 6) is 2.86. The monoisotopic (exact) mass is 448 g/mol. The van der Waals surface area contributed by atoms with E-state index < -0.39 is 0 Å². The molecule has 0 aromatic heterocycles. The minimum Gasteiger partial charge on any atom is -0.496 e. The number of hydrogen-bond donors (Lipinski definition) is 0. The molecule has 2 fully saturated rings. The van der Waals surface area contributed by atoms with E-state index >= 15 is 0 Å². The molecule has 4 nitrogen and oxygen atoms in total. The number of hydrogen-bond acceptors (Lipinski definition) is 4. The van der Waals surface area contributed by atoms with Gasteiger partial charge in [0.15, 0.2) is 0 Å². The molecule has 33 heavy (non-hydrogen) atoms. The molecule has 0 amide bonds. The van der Waals surface area contributed by atoms with Crippen molar-refractivity contribution in [3.8, 4) is 11.5 Å². The minimum atomic E-state index is 0.560. The minimum absolute atomic E-state index is 0.560. The number of rotatable bonds is 9.